The molecule has 0 aromatic carbocycles. The Bertz CT molecular complexity index is 616. The van der Waals surface area contributed by atoms with Crippen molar-refractivity contribution in [3.05, 3.63) is 20.9 Å². The molecular formula is C19H29NO4S. The quantitative estimate of drug-likeness (QED) is 0.569. The fourth-order valence-corrected chi connectivity index (χ4v) is 4.26. The molecule has 0 bridgehead atoms. The molecule has 2 amide bonds. The minimum atomic E-state index is -0.188. The van der Waals surface area contributed by atoms with Crippen LogP contribution in [0.4, 0.5) is 0 Å². The SMILES string of the molecule is COCCOCCN1C(=O)c2c(C(C)(C)C)sc(C(C)(C)C)c2C1=O. The second-order valence-corrected chi connectivity index (χ2v) is 9.40. The molecule has 0 spiro atoms. The Hall–Kier alpha value is -1.24. The van der Waals surface area contributed by atoms with Gasteiger partial charge in [0.1, 0.15) is 0 Å². The van der Waals surface area contributed by atoms with Gasteiger partial charge in [0.15, 0.2) is 0 Å². The first kappa shape index (κ1) is 20.1. The minimum Gasteiger partial charge on any atom is -0.382 e. The summed E-state index contributed by atoms with van der Waals surface area (Å²) in [5.41, 5.74) is 0.840. The van der Waals surface area contributed by atoms with E-state index in [9.17, 15) is 9.59 Å². The van der Waals surface area contributed by atoms with Crippen molar-refractivity contribution in [2.75, 3.05) is 33.5 Å². The number of hydrogen-bond donors (Lipinski definition) is 0. The molecule has 1 aliphatic rings. The van der Waals surface area contributed by atoms with Crippen molar-refractivity contribution in [3.63, 3.8) is 0 Å². The van der Waals surface area contributed by atoms with Crippen molar-refractivity contribution in [1.29, 1.82) is 0 Å². The number of rotatable bonds is 6. The lowest BCUT2D eigenvalue weighted by Crippen LogP contribution is -2.34. The first-order chi connectivity index (χ1) is 11.5. The Labute approximate surface area is 154 Å². The maximum atomic E-state index is 13.0. The Balaban J connectivity index is 2.34. The third-order valence-corrected chi connectivity index (χ3v) is 6.12. The molecule has 1 aromatic heterocycles. The number of amides is 2. The number of methoxy groups -OCH3 is 1. The highest BCUT2D eigenvalue weighted by Crippen LogP contribution is 2.45. The molecule has 1 aliphatic heterocycles. The van der Waals surface area contributed by atoms with Gasteiger partial charge in [0, 0.05) is 16.9 Å². The lowest BCUT2D eigenvalue weighted by Gasteiger charge is -2.22. The number of imide groups is 1. The van der Waals surface area contributed by atoms with Crippen LogP contribution in [-0.2, 0) is 20.3 Å². The number of carbonyl (C=O) groups excluding carboxylic acids is 2. The van der Waals surface area contributed by atoms with Crippen LogP contribution in [0.3, 0.4) is 0 Å². The van der Waals surface area contributed by atoms with Crippen LogP contribution >= 0.6 is 11.3 Å². The summed E-state index contributed by atoms with van der Waals surface area (Å²) in [4.78, 5) is 29.2. The van der Waals surface area contributed by atoms with E-state index in [2.05, 4.69) is 41.5 Å². The summed E-state index contributed by atoms with van der Waals surface area (Å²) in [6.07, 6.45) is 0. The number of fused-ring (bicyclic) bond motifs is 1. The van der Waals surface area contributed by atoms with E-state index in [0.717, 1.165) is 9.75 Å². The van der Waals surface area contributed by atoms with Crippen molar-refractivity contribution >= 4 is 23.2 Å². The van der Waals surface area contributed by atoms with Gasteiger partial charge in [-0.1, -0.05) is 41.5 Å². The topological polar surface area (TPSA) is 55.8 Å². The lowest BCUT2D eigenvalue weighted by molar-refractivity contribution is 0.0458. The van der Waals surface area contributed by atoms with E-state index in [-0.39, 0.29) is 29.2 Å². The monoisotopic (exact) mass is 367 g/mol. The van der Waals surface area contributed by atoms with Crippen LogP contribution in [0.5, 0.6) is 0 Å². The molecule has 25 heavy (non-hydrogen) atoms. The van der Waals surface area contributed by atoms with Crippen LogP contribution in [0.1, 0.15) is 72.0 Å². The predicted molar refractivity (Wildman–Crippen MR) is 99.8 cm³/mol. The highest BCUT2D eigenvalue weighted by molar-refractivity contribution is 7.13. The van der Waals surface area contributed by atoms with Gasteiger partial charge in [-0.05, 0) is 10.8 Å². The Kier molecular flexibility index (Phi) is 5.76. The maximum Gasteiger partial charge on any atom is 0.262 e. The summed E-state index contributed by atoms with van der Waals surface area (Å²) < 4.78 is 10.4. The van der Waals surface area contributed by atoms with E-state index in [1.54, 1.807) is 18.4 Å². The average Bonchev–Trinajstić information content (AvgIpc) is 2.99. The normalized spacial score (nSPS) is 15.2. The summed E-state index contributed by atoms with van der Waals surface area (Å²) in [5.74, 6) is -0.376. The molecular weight excluding hydrogens is 338 g/mol. The van der Waals surface area contributed by atoms with Gasteiger partial charge in [-0.25, -0.2) is 0 Å². The van der Waals surface area contributed by atoms with E-state index in [0.29, 0.717) is 30.9 Å². The molecule has 0 aliphatic carbocycles. The Morgan fingerprint density at radius 2 is 1.32 bits per heavy atom. The molecule has 0 radical (unpaired) electrons. The number of hydrogen-bond acceptors (Lipinski definition) is 5. The Morgan fingerprint density at radius 3 is 1.72 bits per heavy atom. The smallest absolute Gasteiger partial charge is 0.262 e. The standard InChI is InChI=1S/C19H29NO4S/c1-18(2,3)14-12-13(15(25-14)19(4,5)6)17(22)20(16(12)21)8-9-24-11-10-23-7/h8-11H2,1-7H3. The fraction of sp³-hybridized carbons (Fsp3) is 0.684. The maximum absolute atomic E-state index is 13.0. The third kappa shape index (κ3) is 3.96. The second-order valence-electron chi connectivity index (χ2n) is 8.38. The predicted octanol–water partition coefficient (Wildman–Crippen LogP) is 3.60. The first-order valence-corrected chi connectivity index (χ1v) is 9.42. The van der Waals surface area contributed by atoms with Gasteiger partial charge < -0.3 is 9.47 Å². The van der Waals surface area contributed by atoms with Gasteiger partial charge in [-0.15, -0.1) is 11.3 Å². The van der Waals surface area contributed by atoms with Crippen LogP contribution < -0.4 is 0 Å². The van der Waals surface area contributed by atoms with Crippen LogP contribution in [0.25, 0.3) is 0 Å². The van der Waals surface area contributed by atoms with Crippen LogP contribution in [0.2, 0.25) is 0 Å². The number of nitrogens with zero attached hydrogens (tertiary/aromatic N) is 1. The van der Waals surface area contributed by atoms with E-state index < -0.39 is 0 Å². The van der Waals surface area contributed by atoms with Gasteiger partial charge in [0.2, 0.25) is 0 Å². The summed E-state index contributed by atoms with van der Waals surface area (Å²) in [6.45, 7) is 14.0. The minimum absolute atomic E-state index is 0.181. The largest absolute Gasteiger partial charge is 0.382 e. The highest BCUT2D eigenvalue weighted by Gasteiger charge is 2.45. The molecule has 6 heteroatoms. The molecule has 140 valence electrons. The summed E-state index contributed by atoms with van der Waals surface area (Å²) in [7, 11) is 1.61. The lowest BCUT2D eigenvalue weighted by atomic mass is 9.87. The summed E-state index contributed by atoms with van der Waals surface area (Å²) in [6, 6.07) is 0. The van der Waals surface area contributed by atoms with Crippen molar-refractivity contribution in [2.45, 2.75) is 52.4 Å². The van der Waals surface area contributed by atoms with Gasteiger partial charge in [-0.2, -0.15) is 0 Å². The molecule has 0 saturated heterocycles. The van der Waals surface area contributed by atoms with Crippen LogP contribution in [-0.4, -0.2) is 50.2 Å². The first-order valence-electron chi connectivity index (χ1n) is 8.60. The van der Waals surface area contributed by atoms with Crippen molar-refractivity contribution in [2.24, 2.45) is 0 Å². The van der Waals surface area contributed by atoms with Gasteiger partial charge >= 0.3 is 0 Å². The summed E-state index contributed by atoms with van der Waals surface area (Å²) in [5, 5.41) is 0. The van der Waals surface area contributed by atoms with Crippen LogP contribution in [0, 0.1) is 0 Å². The number of thiophene rings is 1. The van der Waals surface area contributed by atoms with Crippen LogP contribution in [0.15, 0.2) is 0 Å². The van der Waals surface area contributed by atoms with Gasteiger partial charge in [0.25, 0.3) is 11.8 Å². The average molecular weight is 368 g/mol. The zero-order valence-electron chi connectivity index (χ0n) is 16.3. The van der Waals surface area contributed by atoms with E-state index >= 15 is 0 Å². The molecule has 2 rings (SSSR count). The molecule has 5 nitrogen and oxygen atoms in total. The Morgan fingerprint density at radius 1 is 0.840 bits per heavy atom. The van der Waals surface area contributed by atoms with Crippen molar-refractivity contribution in [1.82, 2.24) is 4.90 Å². The highest BCUT2D eigenvalue weighted by atomic mass is 32.1. The van der Waals surface area contributed by atoms with E-state index in [1.807, 2.05) is 0 Å². The molecule has 1 aromatic rings. The zero-order chi connectivity index (χ0) is 19.0. The number of carbonyl (C=O) groups is 2. The van der Waals surface area contributed by atoms with Gasteiger partial charge in [0.05, 0.1) is 37.5 Å². The molecule has 0 N–H and O–H groups in total. The summed E-state index contributed by atoms with van der Waals surface area (Å²) >= 11 is 1.60. The van der Waals surface area contributed by atoms with E-state index in [1.165, 1.54) is 4.90 Å². The van der Waals surface area contributed by atoms with E-state index in [4.69, 9.17) is 9.47 Å². The third-order valence-electron chi connectivity index (χ3n) is 4.08. The molecule has 2 heterocycles. The van der Waals surface area contributed by atoms with Gasteiger partial charge in [-0.3, -0.25) is 14.5 Å². The molecule has 0 fully saturated rings. The molecule has 0 unspecified atom stereocenters. The molecule has 0 atom stereocenters. The van der Waals surface area contributed by atoms with Crippen molar-refractivity contribution < 1.29 is 19.1 Å². The zero-order valence-corrected chi connectivity index (χ0v) is 17.1. The second kappa shape index (κ2) is 7.17. The number of ether oxygens (including phenoxy) is 2. The van der Waals surface area contributed by atoms with Crippen molar-refractivity contribution in [3.8, 4) is 0 Å². The fourth-order valence-electron chi connectivity index (χ4n) is 2.86. The molecule has 0 saturated carbocycles.